The topological polar surface area (TPSA) is 60.2 Å². The van der Waals surface area contributed by atoms with Gasteiger partial charge in [0.1, 0.15) is 0 Å². The van der Waals surface area contributed by atoms with Crippen molar-refractivity contribution in [3.63, 3.8) is 0 Å². The summed E-state index contributed by atoms with van der Waals surface area (Å²) in [6, 6.07) is 0. The molecular formula is C16H25N3O2. The molecule has 21 heavy (non-hydrogen) atoms. The van der Waals surface area contributed by atoms with Crippen molar-refractivity contribution in [2.24, 2.45) is 11.8 Å². The molecule has 3 fully saturated rings. The summed E-state index contributed by atoms with van der Waals surface area (Å²) >= 11 is 0. The number of hydrogen-bond acceptors (Lipinski definition) is 5. The van der Waals surface area contributed by atoms with Crippen LogP contribution in [-0.4, -0.2) is 35.9 Å². The van der Waals surface area contributed by atoms with Crippen molar-refractivity contribution < 1.29 is 9.26 Å². The van der Waals surface area contributed by atoms with E-state index >= 15 is 0 Å². The molecule has 2 aliphatic carbocycles. The molecule has 1 aromatic rings. The number of fused-ring (bicyclic) bond motifs is 2. The average molecular weight is 291 g/mol. The van der Waals surface area contributed by atoms with Crippen LogP contribution in [0.3, 0.4) is 0 Å². The molecule has 2 saturated carbocycles. The van der Waals surface area contributed by atoms with Gasteiger partial charge in [0.25, 0.3) is 0 Å². The van der Waals surface area contributed by atoms with Crippen molar-refractivity contribution in [1.82, 2.24) is 15.5 Å². The molecule has 0 radical (unpaired) electrons. The Morgan fingerprint density at radius 2 is 2.05 bits per heavy atom. The standard InChI is InChI=1S/C16H25N3O2/c1-2-12-9-11(1)10-14(12)16-18-15(21-19-16)5-8-20-13-3-6-17-7-4-13/h11-14,17H,1-10H2. The van der Waals surface area contributed by atoms with E-state index in [4.69, 9.17) is 9.26 Å². The van der Waals surface area contributed by atoms with Gasteiger partial charge in [0.2, 0.25) is 5.89 Å². The SMILES string of the molecule is C1CC(OCCc2nc(C3CC4CCC3C4)no2)CCN1. The molecule has 1 aromatic heterocycles. The van der Waals surface area contributed by atoms with Gasteiger partial charge in [-0.25, -0.2) is 0 Å². The molecule has 1 aliphatic heterocycles. The highest BCUT2D eigenvalue weighted by Crippen LogP contribution is 2.52. The monoisotopic (exact) mass is 291 g/mol. The van der Waals surface area contributed by atoms with E-state index in [1.165, 1.54) is 25.7 Å². The third-order valence-corrected chi connectivity index (χ3v) is 5.51. The minimum atomic E-state index is 0.402. The molecule has 1 N–H and O–H groups in total. The summed E-state index contributed by atoms with van der Waals surface area (Å²) in [5.41, 5.74) is 0. The van der Waals surface area contributed by atoms with Crippen LogP contribution in [0.15, 0.2) is 4.52 Å². The van der Waals surface area contributed by atoms with Crippen LogP contribution in [-0.2, 0) is 11.2 Å². The molecule has 2 bridgehead atoms. The Hall–Kier alpha value is -0.940. The molecule has 1 saturated heterocycles. The first-order valence-corrected chi connectivity index (χ1v) is 8.53. The van der Waals surface area contributed by atoms with Gasteiger partial charge in [-0.2, -0.15) is 4.98 Å². The van der Waals surface area contributed by atoms with Crippen LogP contribution < -0.4 is 5.32 Å². The van der Waals surface area contributed by atoms with Crippen molar-refractivity contribution in [2.75, 3.05) is 19.7 Å². The highest BCUT2D eigenvalue weighted by atomic mass is 16.5. The maximum Gasteiger partial charge on any atom is 0.228 e. The maximum atomic E-state index is 5.90. The lowest BCUT2D eigenvalue weighted by molar-refractivity contribution is 0.0322. The Morgan fingerprint density at radius 3 is 2.81 bits per heavy atom. The first-order valence-electron chi connectivity index (χ1n) is 8.53. The van der Waals surface area contributed by atoms with E-state index in [9.17, 15) is 0 Å². The molecule has 5 nitrogen and oxygen atoms in total. The Morgan fingerprint density at radius 1 is 1.14 bits per heavy atom. The Labute approximate surface area is 125 Å². The van der Waals surface area contributed by atoms with Gasteiger partial charge in [-0.3, -0.25) is 0 Å². The fraction of sp³-hybridized carbons (Fsp3) is 0.875. The molecule has 0 aromatic carbocycles. The summed E-state index contributed by atoms with van der Waals surface area (Å²) in [5, 5.41) is 7.58. The van der Waals surface area contributed by atoms with Gasteiger partial charge in [-0.05, 0) is 57.0 Å². The average Bonchev–Trinajstić information content (AvgIpc) is 3.24. The minimum absolute atomic E-state index is 0.402. The zero-order valence-corrected chi connectivity index (χ0v) is 12.6. The number of aromatic nitrogens is 2. The fourth-order valence-electron chi connectivity index (χ4n) is 4.36. The third-order valence-electron chi connectivity index (χ3n) is 5.51. The van der Waals surface area contributed by atoms with Crippen molar-refractivity contribution >= 4 is 0 Å². The molecule has 5 heteroatoms. The van der Waals surface area contributed by atoms with Crippen LogP contribution in [0.25, 0.3) is 0 Å². The zero-order valence-electron chi connectivity index (χ0n) is 12.6. The van der Waals surface area contributed by atoms with Gasteiger partial charge in [0.05, 0.1) is 19.1 Å². The van der Waals surface area contributed by atoms with Crippen LogP contribution in [0.5, 0.6) is 0 Å². The summed E-state index contributed by atoms with van der Waals surface area (Å²) < 4.78 is 11.3. The van der Waals surface area contributed by atoms with Crippen molar-refractivity contribution in [3.8, 4) is 0 Å². The quantitative estimate of drug-likeness (QED) is 0.902. The summed E-state index contributed by atoms with van der Waals surface area (Å²) in [4.78, 5) is 4.62. The smallest absolute Gasteiger partial charge is 0.228 e. The first kappa shape index (κ1) is 13.7. The summed E-state index contributed by atoms with van der Waals surface area (Å²) in [6.45, 7) is 2.84. The Bertz CT molecular complexity index is 470. The number of rotatable bonds is 5. The highest BCUT2D eigenvalue weighted by molar-refractivity contribution is 5.06. The van der Waals surface area contributed by atoms with E-state index in [2.05, 4.69) is 15.5 Å². The molecule has 4 rings (SSSR count). The van der Waals surface area contributed by atoms with Gasteiger partial charge in [0, 0.05) is 5.92 Å². The van der Waals surface area contributed by atoms with E-state index in [1.54, 1.807) is 0 Å². The molecule has 3 unspecified atom stereocenters. The number of nitrogens with one attached hydrogen (secondary N) is 1. The largest absolute Gasteiger partial charge is 0.378 e. The second kappa shape index (κ2) is 6.05. The van der Waals surface area contributed by atoms with Gasteiger partial charge < -0.3 is 14.6 Å². The molecular weight excluding hydrogens is 266 g/mol. The lowest BCUT2D eigenvalue weighted by Gasteiger charge is -2.22. The van der Waals surface area contributed by atoms with E-state index in [0.29, 0.717) is 18.6 Å². The maximum absolute atomic E-state index is 5.90. The van der Waals surface area contributed by atoms with Crippen molar-refractivity contribution in [1.29, 1.82) is 0 Å². The Balaban J connectivity index is 1.27. The highest BCUT2D eigenvalue weighted by Gasteiger charge is 2.42. The van der Waals surface area contributed by atoms with E-state index in [-0.39, 0.29) is 0 Å². The molecule has 3 atom stereocenters. The van der Waals surface area contributed by atoms with Crippen LogP contribution in [0, 0.1) is 11.8 Å². The fourth-order valence-corrected chi connectivity index (χ4v) is 4.36. The zero-order chi connectivity index (χ0) is 14.1. The van der Waals surface area contributed by atoms with Crippen LogP contribution in [0.4, 0.5) is 0 Å². The first-order chi connectivity index (χ1) is 10.4. The van der Waals surface area contributed by atoms with Crippen molar-refractivity contribution in [2.45, 2.75) is 57.0 Å². The molecule has 0 amide bonds. The summed E-state index contributed by atoms with van der Waals surface area (Å²) in [6.07, 6.45) is 8.80. The van der Waals surface area contributed by atoms with Crippen LogP contribution in [0.2, 0.25) is 0 Å². The summed E-state index contributed by atoms with van der Waals surface area (Å²) in [5.74, 6) is 4.00. The Kier molecular flexibility index (Phi) is 3.95. The van der Waals surface area contributed by atoms with Gasteiger partial charge in [-0.1, -0.05) is 11.6 Å². The molecule has 116 valence electrons. The summed E-state index contributed by atoms with van der Waals surface area (Å²) in [7, 11) is 0. The van der Waals surface area contributed by atoms with Crippen molar-refractivity contribution in [3.05, 3.63) is 11.7 Å². The van der Waals surface area contributed by atoms with E-state index in [0.717, 1.165) is 55.9 Å². The molecule has 0 spiro atoms. The predicted molar refractivity (Wildman–Crippen MR) is 78.0 cm³/mol. The number of ether oxygens (including phenoxy) is 1. The van der Waals surface area contributed by atoms with Crippen LogP contribution >= 0.6 is 0 Å². The third kappa shape index (κ3) is 2.99. The lowest BCUT2D eigenvalue weighted by atomic mass is 9.88. The normalized spacial score (nSPS) is 32.9. The lowest BCUT2D eigenvalue weighted by Crippen LogP contribution is -2.32. The van der Waals surface area contributed by atoms with Gasteiger partial charge in [-0.15, -0.1) is 0 Å². The number of hydrogen-bond donors (Lipinski definition) is 1. The number of piperidine rings is 1. The second-order valence-electron chi connectivity index (χ2n) is 6.90. The molecule has 2 heterocycles. The van der Waals surface area contributed by atoms with Crippen LogP contribution in [0.1, 0.15) is 56.2 Å². The predicted octanol–water partition coefficient (Wildman–Crippen LogP) is 2.28. The van der Waals surface area contributed by atoms with Gasteiger partial charge >= 0.3 is 0 Å². The minimum Gasteiger partial charge on any atom is -0.378 e. The number of nitrogens with zero attached hydrogens (tertiary/aromatic N) is 2. The molecule has 3 aliphatic rings. The van der Waals surface area contributed by atoms with E-state index in [1.807, 2.05) is 0 Å². The second-order valence-corrected chi connectivity index (χ2v) is 6.90. The van der Waals surface area contributed by atoms with E-state index < -0.39 is 0 Å². The van der Waals surface area contributed by atoms with Gasteiger partial charge in [0.15, 0.2) is 5.82 Å².